The summed E-state index contributed by atoms with van der Waals surface area (Å²) in [5, 5.41) is 4.19. The second-order valence-corrected chi connectivity index (χ2v) is 6.03. The quantitative estimate of drug-likeness (QED) is 0.371. The van der Waals surface area contributed by atoms with Crippen molar-refractivity contribution in [2.45, 2.75) is 6.42 Å². The topological polar surface area (TPSA) is 67.8 Å². The number of nitrogens with zero attached hydrogens (tertiary/aromatic N) is 1. The molecule has 0 saturated carbocycles. The van der Waals surface area contributed by atoms with Gasteiger partial charge < -0.3 is 4.74 Å². The van der Waals surface area contributed by atoms with E-state index in [-0.39, 0.29) is 18.8 Å². The van der Waals surface area contributed by atoms with E-state index in [0.717, 1.165) is 5.56 Å². The Hall–Kier alpha value is -3.73. The molecule has 3 rings (SSSR count). The van der Waals surface area contributed by atoms with Crippen LogP contribution in [0.5, 0.6) is 5.75 Å². The maximum atomic E-state index is 12.6. The summed E-state index contributed by atoms with van der Waals surface area (Å²) in [5.41, 5.74) is 4.34. The van der Waals surface area contributed by atoms with Crippen LogP contribution in [0.3, 0.4) is 0 Å². The Balaban J connectivity index is 1.68. The van der Waals surface area contributed by atoms with Gasteiger partial charge in [0.15, 0.2) is 12.4 Å². The maximum absolute atomic E-state index is 12.6. The lowest BCUT2D eigenvalue weighted by Gasteiger charge is -2.08. The molecule has 5 heteroatoms. The first-order valence-electron chi connectivity index (χ1n) is 8.89. The summed E-state index contributed by atoms with van der Waals surface area (Å²) < 4.78 is 5.41. The van der Waals surface area contributed by atoms with Crippen molar-refractivity contribution in [1.82, 2.24) is 5.43 Å². The molecule has 0 aromatic heterocycles. The lowest BCUT2D eigenvalue weighted by Crippen LogP contribution is -2.26. The monoisotopic (exact) mass is 372 g/mol. The summed E-state index contributed by atoms with van der Waals surface area (Å²) in [4.78, 5) is 24.6. The number of hydrogen-bond donors (Lipinski definition) is 1. The zero-order valence-corrected chi connectivity index (χ0v) is 15.2. The van der Waals surface area contributed by atoms with Gasteiger partial charge in [-0.25, -0.2) is 5.43 Å². The molecule has 0 spiro atoms. The summed E-state index contributed by atoms with van der Waals surface area (Å²) in [6, 6.07) is 27.4. The fourth-order valence-corrected chi connectivity index (χ4v) is 2.54. The van der Waals surface area contributed by atoms with E-state index in [1.807, 2.05) is 66.7 Å². The fourth-order valence-electron chi connectivity index (χ4n) is 2.54. The molecule has 0 aliphatic rings. The van der Waals surface area contributed by atoms with Gasteiger partial charge >= 0.3 is 0 Å². The number of Topliss-reactive ketones (excluding diaryl/α,β-unsaturated/α-hetero) is 1. The molecule has 5 nitrogen and oxygen atoms in total. The molecule has 3 aromatic rings. The average molecular weight is 372 g/mol. The highest BCUT2D eigenvalue weighted by atomic mass is 16.5. The molecular formula is C23H20N2O3. The van der Waals surface area contributed by atoms with Crippen LogP contribution < -0.4 is 10.2 Å². The van der Waals surface area contributed by atoms with Crippen molar-refractivity contribution in [2.24, 2.45) is 5.10 Å². The minimum absolute atomic E-state index is 0.0713. The van der Waals surface area contributed by atoms with E-state index in [4.69, 9.17) is 4.74 Å². The molecule has 1 amide bonds. The van der Waals surface area contributed by atoms with E-state index >= 15 is 0 Å². The van der Waals surface area contributed by atoms with E-state index in [0.29, 0.717) is 17.0 Å². The number of benzene rings is 3. The highest BCUT2D eigenvalue weighted by Gasteiger charge is 2.13. The fraction of sp³-hybridized carbons (Fsp3) is 0.0870. The number of carbonyl (C=O) groups excluding carboxylic acids is 2. The Morgan fingerprint density at radius 3 is 1.89 bits per heavy atom. The molecule has 0 aliphatic heterocycles. The van der Waals surface area contributed by atoms with Crippen LogP contribution in [0.4, 0.5) is 0 Å². The number of nitrogens with one attached hydrogen (secondary N) is 1. The Morgan fingerprint density at radius 1 is 0.750 bits per heavy atom. The largest absolute Gasteiger partial charge is 0.484 e. The third-order valence-electron chi connectivity index (χ3n) is 3.96. The van der Waals surface area contributed by atoms with Gasteiger partial charge in [0, 0.05) is 5.56 Å². The van der Waals surface area contributed by atoms with Gasteiger partial charge in [0.2, 0.25) is 0 Å². The first kappa shape index (κ1) is 19.0. The molecule has 28 heavy (non-hydrogen) atoms. The molecule has 0 aliphatic carbocycles. The van der Waals surface area contributed by atoms with Crippen molar-refractivity contribution in [3.63, 3.8) is 0 Å². The zero-order valence-electron chi connectivity index (χ0n) is 15.2. The van der Waals surface area contributed by atoms with Crippen molar-refractivity contribution < 1.29 is 14.3 Å². The van der Waals surface area contributed by atoms with Gasteiger partial charge in [0.05, 0.1) is 12.1 Å². The first-order valence-corrected chi connectivity index (χ1v) is 8.89. The molecule has 1 N–H and O–H groups in total. The normalized spacial score (nSPS) is 10.9. The molecule has 0 heterocycles. The highest BCUT2D eigenvalue weighted by Crippen LogP contribution is 2.10. The van der Waals surface area contributed by atoms with Crippen LogP contribution in [0.2, 0.25) is 0 Å². The van der Waals surface area contributed by atoms with E-state index in [1.165, 1.54) is 0 Å². The average Bonchev–Trinajstić information content (AvgIpc) is 2.77. The van der Waals surface area contributed by atoms with Crippen LogP contribution in [0.15, 0.2) is 96.1 Å². The first-order chi connectivity index (χ1) is 13.7. The van der Waals surface area contributed by atoms with Crippen LogP contribution >= 0.6 is 0 Å². The summed E-state index contributed by atoms with van der Waals surface area (Å²) in [5.74, 6) is 0.131. The van der Waals surface area contributed by atoms with Gasteiger partial charge in [-0.05, 0) is 17.7 Å². The van der Waals surface area contributed by atoms with Crippen molar-refractivity contribution in [2.75, 3.05) is 6.61 Å². The lowest BCUT2D eigenvalue weighted by atomic mass is 10.0. The van der Waals surface area contributed by atoms with Crippen molar-refractivity contribution in [3.8, 4) is 5.75 Å². The minimum Gasteiger partial charge on any atom is -0.484 e. The number of hydrazone groups is 1. The number of ketones is 1. The molecule has 140 valence electrons. The highest BCUT2D eigenvalue weighted by molar-refractivity contribution is 6.15. The van der Waals surface area contributed by atoms with Crippen LogP contribution in [0, 0.1) is 0 Å². The van der Waals surface area contributed by atoms with Crippen LogP contribution in [0.25, 0.3) is 0 Å². The third-order valence-corrected chi connectivity index (χ3v) is 3.96. The second kappa shape index (κ2) is 9.83. The summed E-state index contributed by atoms with van der Waals surface area (Å²) in [7, 11) is 0. The Bertz CT molecular complexity index is 939. The summed E-state index contributed by atoms with van der Waals surface area (Å²) in [6.45, 7) is -0.164. The Kier molecular flexibility index (Phi) is 6.68. The van der Waals surface area contributed by atoms with Gasteiger partial charge in [-0.1, -0.05) is 78.9 Å². The molecule has 0 unspecified atom stereocenters. The van der Waals surface area contributed by atoms with Gasteiger partial charge in [-0.15, -0.1) is 0 Å². The van der Waals surface area contributed by atoms with Gasteiger partial charge in [-0.2, -0.15) is 5.10 Å². The molecule has 0 bridgehead atoms. The summed E-state index contributed by atoms with van der Waals surface area (Å²) >= 11 is 0. The predicted octanol–water partition coefficient (Wildman–Crippen LogP) is 3.86. The van der Waals surface area contributed by atoms with Crippen molar-refractivity contribution in [1.29, 1.82) is 0 Å². The molecule has 0 saturated heterocycles. The number of carbonyl (C=O) groups is 2. The Morgan fingerprint density at radius 2 is 1.29 bits per heavy atom. The SMILES string of the molecule is O=C(COc1ccccc1)N/N=C(/CC(=O)c1ccccc1)c1ccccc1. The van der Waals surface area contributed by atoms with Crippen LogP contribution in [-0.4, -0.2) is 24.0 Å². The van der Waals surface area contributed by atoms with E-state index in [2.05, 4.69) is 10.5 Å². The van der Waals surface area contributed by atoms with Crippen molar-refractivity contribution in [3.05, 3.63) is 102 Å². The smallest absolute Gasteiger partial charge is 0.277 e. The van der Waals surface area contributed by atoms with E-state index < -0.39 is 5.91 Å². The van der Waals surface area contributed by atoms with Crippen molar-refractivity contribution >= 4 is 17.4 Å². The molecule has 3 aromatic carbocycles. The predicted molar refractivity (Wildman–Crippen MR) is 108 cm³/mol. The lowest BCUT2D eigenvalue weighted by molar-refractivity contribution is -0.123. The molecular weight excluding hydrogens is 352 g/mol. The third kappa shape index (κ3) is 5.64. The minimum atomic E-state index is -0.399. The molecule has 0 fully saturated rings. The van der Waals surface area contributed by atoms with Gasteiger partial charge in [0.1, 0.15) is 5.75 Å². The van der Waals surface area contributed by atoms with Crippen LogP contribution in [0.1, 0.15) is 22.3 Å². The van der Waals surface area contributed by atoms with E-state index in [1.54, 1.807) is 24.3 Å². The van der Waals surface area contributed by atoms with Gasteiger partial charge in [0.25, 0.3) is 5.91 Å². The maximum Gasteiger partial charge on any atom is 0.277 e. The molecule has 0 radical (unpaired) electrons. The van der Waals surface area contributed by atoms with Gasteiger partial charge in [-0.3, -0.25) is 9.59 Å². The number of ether oxygens (including phenoxy) is 1. The number of rotatable bonds is 8. The number of para-hydroxylation sites is 1. The zero-order chi connectivity index (χ0) is 19.6. The molecule has 0 atom stereocenters. The number of amides is 1. The second-order valence-electron chi connectivity index (χ2n) is 6.03. The number of hydrogen-bond acceptors (Lipinski definition) is 4. The summed E-state index contributed by atoms with van der Waals surface area (Å²) in [6.07, 6.45) is 0.0772. The van der Waals surface area contributed by atoms with E-state index in [9.17, 15) is 9.59 Å². The Labute approximate surface area is 163 Å². The standard InChI is InChI=1S/C23H20N2O3/c26-22(19-12-6-2-7-13-19)16-21(18-10-4-1-5-11-18)24-25-23(27)17-28-20-14-8-3-9-15-20/h1-15H,16-17H2,(H,25,27)/b24-21-. The van der Waals surface area contributed by atoms with Crippen LogP contribution in [-0.2, 0) is 4.79 Å².